The zero-order valence-electron chi connectivity index (χ0n) is 16.6. The number of Topliss-reactive ketones (excluding diaryl/α,β-unsaturated/α-hetero) is 1. The molecule has 1 fully saturated rings. The number of nitrogens with one attached hydrogen (secondary N) is 1. The third-order valence-corrected chi connectivity index (χ3v) is 5.92. The summed E-state index contributed by atoms with van der Waals surface area (Å²) in [7, 11) is 0. The van der Waals surface area contributed by atoms with E-state index >= 15 is 0 Å². The van der Waals surface area contributed by atoms with Crippen LogP contribution < -0.4 is 14.8 Å². The lowest BCUT2D eigenvalue weighted by Gasteiger charge is -2.13. The Morgan fingerprint density at radius 2 is 1.77 bits per heavy atom. The number of hydrogen-bond acceptors (Lipinski definition) is 6. The van der Waals surface area contributed by atoms with Crippen molar-refractivity contribution in [2.75, 3.05) is 13.2 Å². The van der Waals surface area contributed by atoms with E-state index < -0.39 is 5.91 Å². The number of benzene rings is 2. The number of halogens is 2. The van der Waals surface area contributed by atoms with Gasteiger partial charge >= 0.3 is 0 Å². The first-order chi connectivity index (χ1) is 14.9. The second-order valence-electron chi connectivity index (χ2n) is 6.63. The fraction of sp³-hybridized carbons (Fsp3) is 0.227. The highest BCUT2D eigenvalue weighted by Crippen LogP contribution is 2.34. The summed E-state index contributed by atoms with van der Waals surface area (Å²) in [6.07, 6.45) is 3.16. The monoisotopic (exact) mass is 479 g/mol. The largest absolute Gasteiger partial charge is 0.486 e. The maximum Gasteiger partial charge on any atom is 0.290 e. The summed E-state index contributed by atoms with van der Waals surface area (Å²) in [5, 5.41) is 2.70. The molecule has 6 nitrogen and oxygen atoms in total. The van der Waals surface area contributed by atoms with Gasteiger partial charge in [0.05, 0.1) is 15.0 Å². The lowest BCUT2D eigenvalue weighted by atomic mass is 10.1. The van der Waals surface area contributed by atoms with Crippen LogP contribution in [0, 0.1) is 0 Å². The molecule has 0 bridgehead atoms. The van der Waals surface area contributed by atoms with Crippen molar-refractivity contribution in [2.24, 2.45) is 0 Å². The van der Waals surface area contributed by atoms with E-state index in [4.69, 9.17) is 32.7 Å². The van der Waals surface area contributed by atoms with E-state index in [0.717, 1.165) is 29.3 Å². The van der Waals surface area contributed by atoms with Crippen molar-refractivity contribution in [3.05, 3.63) is 62.5 Å². The van der Waals surface area contributed by atoms with Crippen molar-refractivity contribution in [1.82, 2.24) is 5.32 Å². The molecule has 1 aliphatic rings. The number of hydrogen-bond donors (Lipinski definition) is 1. The summed E-state index contributed by atoms with van der Waals surface area (Å²) in [6.45, 7) is 1.71. The van der Waals surface area contributed by atoms with Crippen molar-refractivity contribution in [1.29, 1.82) is 0 Å². The Labute approximate surface area is 193 Å². The van der Waals surface area contributed by atoms with Gasteiger partial charge in [-0.25, -0.2) is 0 Å². The van der Waals surface area contributed by atoms with Crippen LogP contribution in [0.15, 0.2) is 41.3 Å². The van der Waals surface area contributed by atoms with Gasteiger partial charge in [0.15, 0.2) is 6.61 Å². The van der Waals surface area contributed by atoms with Gasteiger partial charge in [-0.1, -0.05) is 48.7 Å². The molecule has 0 radical (unpaired) electrons. The number of carbonyl (C=O) groups is 3. The molecule has 1 aliphatic heterocycles. The first-order valence-corrected chi connectivity index (χ1v) is 11.0. The van der Waals surface area contributed by atoms with Gasteiger partial charge in [0.25, 0.3) is 11.1 Å². The lowest BCUT2D eigenvalue weighted by molar-refractivity contribution is -0.123. The van der Waals surface area contributed by atoms with Gasteiger partial charge in [-0.2, -0.15) is 0 Å². The van der Waals surface area contributed by atoms with Crippen LogP contribution in [-0.4, -0.2) is 30.1 Å². The van der Waals surface area contributed by atoms with Gasteiger partial charge in [-0.3, -0.25) is 19.7 Å². The molecule has 2 aromatic rings. The van der Waals surface area contributed by atoms with E-state index in [1.165, 1.54) is 0 Å². The predicted octanol–water partition coefficient (Wildman–Crippen LogP) is 5.30. The fourth-order valence-corrected chi connectivity index (χ4v) is 3.90. The SMILES string of the molecule is CCCc1c(OCC(=O)COc2ccc(/C=C3\SC(=O)NC3=O)cc2)ccc(Cl)c1Cl. The third kappa shape index (κ3) is 6.26. The molecule has 1 heterocycles. The zero-order chi connectivity index (χ0) is 22.4. The number of imide groups is 1. The second kappa shape index (κ2) is 10.7. The van der Waals surface area contributed by atoms with Crippen LogP contribution in [0.4, 0.5) is 4.79 Å². The highest BCUT2D eigenvalue weighted by atomic mass is 35.5. The van der Waals surface area contributed by atoms with Gasteiger partial charge in [-0.15, -0.1) is 0 Å². The Hall–Kier alpha value is -2.48. The predicted molar refractivity (Wildman–Crippen MR) is 122 cm³/mol. The summed E-state index contributed by atoms with van der Waals surface area (Å²) >= 11 is 13.2. The Balaban J connectivity index is 1.52. The van der Waals surface area contributed by atoms with Crippen LogP contribution in [0.25, 0.3) is 6.08 Å². The Kier molecular flexibility index (Phi) is 8.01. The van der Waals surface area contributed by atoms with E-state index in [0.29, 0.717) is 32.9 Å². The minimum absolute atomic E-state index is 0.154. The average molecular weight is 480 g/mol. The van der Waals surface area contributed by atoms with Crippen molar-refractivity contribution in [2.45, 2.75) is 19.8 Å². The van der Waals surface area contributed by atoms with Crippen molar-refractivity contribution < 1.29 is 23.9 Å². The van der Waals surface area contributed by atoms with Gasteiger partial charge in [0.2, 0.25) is 5.78 Å². The van der Waals surface area contributed by atoms with E-state index in [1.807, 2.05) is 6.92 Å². The Morgan fingerprint density at radius 1 is 1.06 bits per heavy atom. The zero-order valence-corrected chi connectivity index (χ0v) is 18.9. The Bertz CT molecular complexity index is 1040. The van der Waals surface area contributed by atoms with E-state index in [2.05, 4.69) is 5.32 Å². The minimum Gasteiger partial charge on any atom is -0.486 e. The van der Waals surface area contributed by atoms with Crippen LogP contribution in [0.3, 0.4) is 0 Å². The van der Waals surface area contributed by atoms with Gasteiger partial charge in [-0.05, 0) is 54.1 Å². The van der Waals surface area contributed by atoms with Crippen LogP contribution >= 0.6 is 35.0 Å². The molecule has 0 spiro atoms. The molecule has 0 unspecified atom stereocenters. The number of amides is 2. The maximum absolute atomic E-state index is 12.2. The molecule has 1 saturated heterocycles. The summed E-state index contributed by atoms with van der Waals surface area (Å²) < 4.78 is 11.1. The topological polar surface area (TPSA) is 81.7 Å². The van der Waals surface area contributed by atoms with Crippen molar-refractivity contribution in [3.63, 3.8) is 0 Å². The average Bonchev–Trinajstić information content (AvgIpc) is 3.07. The van der Waals surface area contributed by atoms with E-state index in [-0.39, 0.29) is 24.2 Å². The van der Waals surface area contributed by atoms with Crippen molar-refractivity contribution in [3.8, 4) is 11.5 Å². The number of carbonyl (C=O) groups excluding carboxylic acids is 3. The molecule has 2 aromatic carbocycles. The standard InChI is InChI=1S/C22H19Cl2NO5S/c1-2-3-16-18(9-8-17(23)20(16)24)30-12-14(26)11-29-15-6-4-13(5-7-15)10-19-21(27)25-22(28)31-19/h4-10H,2-3,11-12H2,1H3,(H,25,27,28)/b19-10-. The first kappa shape index (κ1) is 23.2. The normalized spacial score (nSPS) is 14.6. The molecule has 0 aliphatic carbocycles. The number of ketones is 1. The lowest BCUT2D eigenvalue weighted by Crippen LogP contribution is -2.19. The maximum atomic E-state index is 12.2. The quantitative estimate of drug-likeness (QED) is 0.491. The van der Waals surface area contributed by atoms with Gasteiger partial charge < -0.3 is 9.47 Å². The fourth-order valence-electron chi connectivity index (χ4n) is 2.79. The van der Waals surface area contributed by atoms with Crippen LogP contribution in [0.1, 0.15) is 24.5 Å². The summed E-state index contributed by atoms with van der Waals surface area (Å²) in [5.41, 5.74) is 1.52. The number of rotatable bonds is 9. The van der Waals surface area contributed by atoms with Gasteiger partial charge in [0.1, 0.15) is 18.1 Å². The first-order valence-electron chi connectivity index (χ1n) is 9.46. The molecular weight excluding hydrogens is 461 g/mol. The molecule has 2 amide bonds. The molecular formula is C22H19Cl2NO5S. The number of ether oxygens (including phenoxy) is 2. The Morgan fingerprint density at radius 3 is 2.42 bits per heavy atom. The van der Waals surface area contributed by atoms with Crippen molar-refractivity contribution >= 4 is 58.0 Å². The van der Waals surface area contributed by atoms with E-state index in [1.54, 1.807) is 42.5 Å². The second-order valence-corrected chi connectivity index (χ2v) is 8.43. The summed E-state index contributed by atoms with van der Waals surface area (Å²) in [5.74, 6) is 0.382. The molecule has 0 aromatic heterocycles. The van der Waals surface area contributed by atoms with Gasteiger partial charge in [0, 0.05) is 5.56 Å². The molecule has 3 rings (SSSR count). The highest BCUT2D eigenvalue weighted by Gasteiger charge is 2.24. The molecule has 162 valence electrons. The summed E-state index contributed by atoms with van der Waals surface area (Å²) in [4.78, 5) is 35.3. The van der Waals surface area contributed by atoms with Crippen LogP contribution in [0.5, 0.6) is 11.5 Å². The molecule has 31 heavy (non-hydrogen) atoms. The van der Waals surface area contributed by atoms with E-state index in [9.17, 15) is 14.4 Å². The third-order valence-electron chi connectivity index (χ3n) is 4.26. The summed E-state index contributed by atoms with van der Waals surface area (Å²) in [6, 6.07) is 10.2. The molecule has 1 N–H and O–H groups in total. The number of thioether (sulfide) groups is 1. The smallest absolute Gasteiger partial charge is 0.290 e. The van der Waals surface area contributed by atoms with Crippen LogP contribution in [0.2, 0.25) is 10.0 Å². The highest BCUT2D eigenvalue weighted by molar-refractivity contribution is 8.18. The molecule has 0 saturated carbocycles. The molecule has 9 heteroatoms. The minimum atomic E-state index is -0.412. The molecule has 0 atom stereocenters. The van der Waals surface area contributed by atoms with Crippen LogP contribution in [-0.2, 0) is 16.0 Å².